The number of likely N-dealkylation sites (tertiary alicyclic amines) is 2. The average molecular weight is 256 g/mol. The van der Waals surface area contributed by atoms with E-state index in [9.17, 15) is 9.59 Å². The number of hydrogen-bond acceptors (Lipinski definition) is 4. The Morgan fingerprint density at radius 3 is 2.44 bits per heavy atom. The second kappa shape index (κ2) is 4.42. The number of carboxylic acid groups (broad SMARTS) is 1. The molecule has 0 saturated carbocycles. The zero-order chi connectivity index (χ0) is 13.5. The van der Waals surface area contributed by atoms with Crippen molar-refractivity contribution in [3.05, 3.63) is 0 Å². The summed E-state index contributed by atoms with van der Waals surface area (Å²) in [6.45, 7) is 6.95. The molecule has 2 aliphatic heterocycles. The van der Waals surface area contributed by atoms with Crippen molar-refractivity contribution in [1.82, 2.24) is 9.80 Å². The van der Waals surface area contributed by atoms with Gasteiger partial charge in [-0.25, -0.2) is 4.79 Å². The van der Waals surface area contributed by atoms with E-state index in [1.165, 1.54) is 4.90 Å². The lowest BCUT2D eigenvalue weighted by Crippen LogP contribution is -2.59. The van der Waals surface area contributed by atoms with Crippen LogP contribution in [0, 0.1) is 0 Å². The van der Waals surface area contributed by atoms with Gasteiger partial charge >= 0.3 is 12.1 Å². The maximum Gasteiger partial charge on any atom is 0.407 e. The Labute approximate surface area is 106 Å². The number of fused-ring (bicyclic) bond motifs is 2. The van der Waals surface area contributed by atoms with Crippen LogP contribution in [0.4, 0.5) is 4.79 Å². The Morgan fingerprint density at radius 2 is 2.00 bits per heavy atom. The van der Waals surface area contributed by atoms with Gasteiger partial charge in [0.05, 0.1) is 6.61 Å². The third-order valence-electron chi connectivity index (χ3n) is 3.98. The van der Waals surface area contributed by atoms with Crippen LogP contribution in [0.1, 0.15) is 27.2 Å². The zero-order valence-electron chi connectivity index (χ0n) is 11.0. The summed E-state index contributed by atoms with van der Waals surface area (Å²) in [5, 5.41) is 9.03. The van der Waals surface area contributed by atoms with Gasteiger partial charge in [0.15, 0.2) is 0 Å². The van der Waals surface area contributed by atoms with Gasteiger partial charge in [0.25, 0.3) is 0 Å². The van der Waals surface area contributed by atoms with Crippen molar-refractivity contribution in [2.75, 3.05) is 19.7 Å². The molecule has 102 valence electrons. The van der Waals surface area contributed by atoms with Crippen LogP contribution in [-0.2, 0) is 9.53 Å². The van der Waals surface area contributed by atoms with E-state index < -0.39 is 11.6 Å². The summed E-state index contributed by atoms with van der Waals surface area (Å²) in [5.74, 6) is -0.237. The molecule has 2 atom stereocenters. The molecule has 0 aliphatic carbocycles. The second-order valence-electron chi connectivity index (χ2n) is 5.41. The summed E-state index contributed by atoms with van der Waals surface area (Å²) in [4.78, 5) is 26.5. The molecule has 2 aliphatic rings. The van der Waals surface area contributed by atoms with Crippen LogP contribution in [0.15, 0.2) is 0 Å². The van der Waals surface area contributed by atoms with Gasteiger partial charge in [-0.15, -0.1) is 0 Å². The number of carbonyl (C=O) groups is 2. The van der Waals surface area contributed by atoms with Gasteiger partial charge in [0.1, 0.15) is 5.54 Å². The first-order valence-corrected chi connectivity index (χ1v) is 6.31. The first-order chi connectivity index (χ1) is 8.37. The largest absolute Gasteiger partial charge is 0.465 e. The Morgan fingerprint density at radius 1 is 1.33 bits per heavy atom. The average Bonchev–Trinajstić information content (AvgIpc) is 2.88. The molecule has 6 heteroatoms. The Bertz CT molecular complexity index is 369. The Hall–Kier alpha value is -1.30. The number of esters is 1. The minimum Gasteiger partial charge on any atom is -0.465 e. The second-order valence-corrected chi connectivity index (χ2v) is 5.41. The van der Waals surface area contributed by atoms with Gasteiger partial charge in [-0.3, -0.25) is 9.69 Å². The summed E-state index contributed by atoms with van der Waals surface area (Å²) in [7, 11) is 0. The summed E-state index contributed by atoms with van der Waals surface area (Å²) in [6, 6.07) is 0.145. The van der Waals surface area contributed by atoms with Gasteiger partial charge in [-0.2, -0.15) is 0 Å². The highest BCUT2D eigenvalue weighted by molar-refractivity contribution is 5.80. The minimum absolute atomic E-state index is 0.0150. The monoisotopic (exact) mass is 256 g/mol. The van der Waals surface area contributed by atoms with E-state index in [1.807, 2.05) is 13.8 Å². The number of carbonyl (C=O) groups excluding carboxylic acids is 1. The normalized spacial score (nSPS) is 27.6. The molecule has 2 heterocycles. The van der Waals surface area contributed by atoms with Crippen LogP contribution in [0.2, 0.25) is 0 Å². The molecule has 2 bridgehead atoms. The summed E-state index contributed by atoms with van der Waals surface area (Å²) in [5.41, 5.74) is -0.681. The standard InChI is InChI=1S/C12H20N2O4/c1-4-18-10(15)12(2,3)14-7-8-5-9(14)6-13(8)11(16)17/h8-9H,4-7H2,1-3H3,(H,16,17)/t8-,9-/m0/s1. The number of hydrogen-bond donors (Lipinski definition) is 1. The van der Waals surface area contributed by atoms with Gasteiger partial charge in [-0.05, 0) is 27.2 Å². The van der Waals surface area contributed by atoms with Crippen molar-refractivity contribution < 1.29 is 19.4 Å². The van der Waals surface area contributed by atoms with Gasteiger partial charge in [0, 0.05) is 25.2 Å². The van der Waals surface area contributed by atoms with Crippen molar-refractivity contribution in [3.8, 4) is 0 Å². The fraction of sp³-hybridized carbons (Fsp3) is 0.833. The zero-order valence-corrected chi connectivity index (χ0v) is 11.0. The number of ether oxygens (including phenoxy) is 1. The topological polar surface area (TPSA) is 70.1 Å². The SMILES string of the molecule is CCOC(=O)C(C)(C)N1C[C@@H]2C[C@H]1CN2C(=O)O. The molecule has 0 unspecified atom stereocenters. The Kier molecular flexibility index (Phi) is 3.23. The van der Waals surface area contributed by atoms with Crippen molar-refractivity contribution >= 4 is 12.1 Å². The number of nitrogens with zero attached hydrogens (tertiary/aromatic N) is 2. The quantitative estimate of drug-likeness (QED) is 0.755. The molecular weight excluding hydrogens is 236 g/mol. The molecule has 6 nitrogen and oxygen atoms in total. The molecule has 1 amide bonds. The highest BCUT2D eigenvalue weighted by atomic mass is 16.5. The number of rotatable bonds is 3. The van der Waals surface area contributed by atoms with Crippen LogP contribution >= 0.6 is 0 Å². The lowest BCUT2D eigenvalue weighted by atomic mass is 10.0. The molecule has 0 radical (unpaired) electrons. The molecule has 0 spiro atoms. The lowest BCUT2D eigenvalue weighted by Gasteiger charge is -2.41. The van der Waals surface area contributed by atoms with Crippen LogP contribution < -0.4 is 0 Å². The molecule has 1 N–H and O–H groups in total. The van der Waals surface area contributed by atoms with Gasteiger partial charge in [0.2, 0.25) is 0 Å². The molecule has 2 fully saturated rings. The van der Waals surface area contributed by atoms with Crippen LogP contribution in [-0.4, -0.2) is 64.3 Å². The predicted molar refractivity (Wildman–Crippen MR) is 64.3 cm³/mol. The molecular formula is C12H20N2O4. The fourth-order valence-electron chi connectivity index (χ4n) is 3.01. The highest BCUT2D eigenvalue weighted by Crippen LogP contribution is 2.36. The smallest absolute Gasteiger partial charge is 0.407 e. The molecule has 2 saturated heterocycles. The van der Waals surface area contributed by atoms with E-state index in [1.54, 1.807) is 6.92 Å². The van der Waals surface area contributed by atoms with E-state index in [-0.39, 0.29) is 18.1 Å². The maximum atomic E-state index is 11.9. The summed E-state index contributed by atoms with van der Waals surface area (Å²) in [6.07, 6.45) is -0.0501. The number of piperazine rings is 1. The molecule has 0 aromatic heterocycles. The van der Waals surface area contributed by atoms with E-state index >= 15 is 0 Å². The maximum absolute atomic E-state index is 11.9. The van der Waals surface area contributed by atoms with Crippen LogP contribution in [0.5, 0.6) is 0 Å². The first kappa shape index (κ1) is 13.1. The third kappa shape index (κ3) is 1.94. The minimum atomic E-state index is -0.865. The number of amides is 1. The predicted octanol–water partition coefficient (Wildman–Crippen LogP) is 0.765. The first-order valence-electron chi connectivity index (χ1n) is 6.31. The van der Waals surface area contributed by atoms with Crippen molar-refractivity contribution in [1.29, 1.82) is 0 Å². The van der Waals surface area contributed by atoms with Crippen LogP contribution in [0.3, 0.4) is 0 Å². The van der Waals surface area contributed by atoms with Crippen molar-refractivity contribution in [2.45, 2.75) is 44.8 Å². The fourth-order valence-corrected chi connectivity index (χ4v) is 3.01. The van der Waals surface area contributed by atoms with E-state index in [0.717, 1.165) is 6.42 Å². The highest BCUT2D eigenvalue weighted by Gasteiger charge is 2.52. The molecule has 2 rings (SSSR count). The van der Waals surface area contributed by atoms with Gasteiger partial charge < -0.3 is 14.7 Å². The van der Waals surface area contributed by atoms with Gasteiger partial charge in [-0.1, -0.05) is 0 Å². The molecule has 18 heavy (non-hydrogen) atoms. The third-order valence-corrected chi connectivity index (χ3v) is 3.98. The molecule has 0 aromatic rings. The summed E-state index contributed by atoms with van der Waals surface area (Å²) >= 11 is 0. The van der Waals surface area contributed by atoms with Crippen molar-refractivity contribution in [2.24, 2.45) is 0 Å². The van der Waals surface area contributed by atoms with E-state index in [4.69, 9.17) is 9.84 Å². The van der Waals surface area contributed by atoms with E-state index in [0.29, 0.717) is 19.7 Å². The lowest BCUT2D eigenvalue weighted by molar-refractivity contribution is -0.157. The summed E-state index contributed by atoms with van der Waals surface area (Å²) < 4.78 is 5.09. The van der Waals surface area contributed by atoms with Crippen molar-refractivity contribution in [3.63, 3.8) is 0 Å². The van der Waals surface area contributed by atoms with E-state index in [2.05, 4.69) is 4.90 Å². The molecule has 0 aromatic carbocycles. The Balaban J connectivity index is 2.06. The van der Waals surface area contributed by atoms with Crippen LogP contribution in [0.25, 0.3) is 0 Å².